The SMILES string of the molecule is C[C@]1(C(=O)N2CCC3(S(=O)(=O)c4cccc(Cl)c4)c4ccc(C(F)(C(F)(F)F)C(F)(F)F)cc4CCC23)CC[C@H](C(=O)O)CC1. The van der Waals surface area contributed by atoms with Gasteiger partial charge in [-0.15, -0.1) is 0 Å². The number of carbonyl (C=O) groups excluding carboxylic acids is 1. The van der Waals surface area contributed by atoms with E-state index in [1.807, 2.05) is 0 Å². The molecule has 5 rings (SSSR count). The zero-order valence-corrected chi connectivity index (χ0v) is 25.4. The van der Waals surface area contributed by atoms with Crippen LogP contribution in [0.2, 0.25) is 5.02 Å². The van der Waals surface area contributed by atoms with Crippen molar-refractivity contribution in [1.29, 1.82) is 0 Å². The fraction of sp³-hybridized carbons (Fsp3) is 0.533. The van der Waals surface area contributed by atoms with Gasteiger partial charge in [-0.1, -0.05) is 42.8 Å². The number of sulfone groups is 1. The monoisotopic (exact) mass is 683 g/mol. The van der Waals surface area contributed by atoms with Gasteiger partial charge in [0.2, 0.25) is 5.91 Å². The van der Waals surface area contributed by atoms with Crippen molar-refractivity contribution in [3.05, 3.63) is 64.2 Å². The Balaban J connectivity index is 1.65. The normalized spacial score (nSPS) is 27.5. The first-order valence-electron chi connectivity index (χ1n) is 14.2. The third kappa shape index (κ3) is 5.01. The van der Waals surface area contributed by atoms with Crippen molar-refractivity contribution in [1.82, 2.24) is 4.90 Å². The summed E-state index contributed by atoms with van der Waals surface area (Å²) >= 11 is 6.09. The predicted molar refractivity (Wildman–Crippen MR) is 148 cm³/mol. The molecule has 15 heteroatoms. The Bertz CT molecular complexity index is 1620. The summed E-state index contributed by atoms with van der Waals surface area (Å²) in [4.78, 5) is 26.7. The third-order valence-electron chi connectivity index (χ3n) is 9.87. The summed E-state index contributed by atoms with van der Waals surface area (Å²) in [7, 11) is -4.53. The minimum atomic E-state index is -6.35. The summed E-state index contributed by atoms with van der Waals surface area (Å²) in [5.41, 5.74) is -8.74. The minimum absolute atomic E-state index is 0.0570. The molecular formula is C30H29ClF7NO5S. The first-order valence-corrected chi connectivity index (χ1v) is 16.1. The van der Waals surface area contributed by atoms with Gasteiger partial charge in [-0.05, 0) is 74.3 Å². The van der Waals surface area contributed by atoms with E-state index in [1.165, 1.54) is 29.2 Å². The van der Waals surface area contributed by atoms with E-state index < -0.39 is 67.4 Å². The van der Waals surface area contributed by atoms with Crippen molar-refractivity contribution >= 4 is 33.3 Å². The number of nitrogens with zero attached hydrogens (tertiary/aromatic N) is 1. The van der Waals surface area contributed by atoms with Crippen LogP contribution in [-0.4, -0.2) is 55.2 Å². The first-order chi connectivity index (χ1) is 20.7. The number of amides is 1. The van der Waals surface area contributed by atoms with Crippen molar-refractivity contribution in [2.75, 3.05) is 6.54 Å². The summed E-state index contributed by atoms with van der Waals surface area (Å²) in [5, 5.41) is 9.45. The van der Waals surface area contributed by atoms with Gasteiger partial charge in [-0.25, -0.2) is 12.8 Å². The number of benzene rings is 2. The van der Waals surface area contributed by atoms with Crippen LogP contribution >= 0.6 is 11.6 Å². The Morgan fingerprint density at radius 2 is 1.56 bits per heavy atom. The van der Waals surface area contributed by atoms with Gasteiger partial charge in [-0.3, -0.25) is 9.59 Å². The van der Waals surface area contributed by atoms with Gasteiger partial charge >= 0.3 is 24.0 Å². The largest absolute Gasteiger partial charge is 0.481 e. The zero-order valence-electron chi connectivity index (χ0n) is 23.8. The Labute approximate surface area is 259 Å². The number of alkyl halides is 7. The lowest BCUT2D eigenvalue weighted by molar-refractivity contribution is -0.348. The average molecular weight is 684 g/mol. The molecule has 2 aromatic carbocycles. The molecule has 1 heterocycles. The van der Waals surface area contributed by atoms with Crippen LogP contribution in [0.4, 0.5) is 30.7 Å². The van der Waals surface area contributed by atoms with E-state index in [0.717, 1.165) is 6.07 Å². The van der Waals surface area contributed by atoms with Gasteiger partial charge in [-0.2, -0.15) is 26.3 Å². The van der Waals surface area contributed by atoms with Crippen LogP contribution in [0.5, 0.6) is 0 Å². The number of fused-ring (bicyclic) bond motifs is 3. The molecule has 6 nitrogen and oxygen atoms in total. The summed E-state index contributed by atoms with van der Waals surface area (Å²) in [6, 6.07) is 5.71. The number of hydrogen-bond acceptors (Lipinski definition) is 4. The molecule has 1 aliphatic heterocycles. The van der Waals surface area contributed by atoms with Gasteiger partial charge < -0.3 is 10.0 Å². The van der Waals surface area contributed by atoms with Crippen molar-refractivity contribution < 1.29 is 53.8 Å². The second-order valence-electron chi connectivity index (χ2n) is 12.4. The predicted octanol–water partition coefficient (Wildman–Crippen LogP) is 7.13. The molecular weight excluding hydrogens is 655 g/mol. The van der Waals surface area contributed by atoms with E-state index >= 15 is 4.39 Å². The lowest BCUT2D eigenvalue weighted by Crippen LogP contribution is -2.55. The first kappa shape index (κ1) is 33.5. The minimum Gasteiger partial charge on any atom is -0.481 e. The smallest absolute Gasteiger partial charge is 0.435 e. The van der Waals surface area contributed by atoms with Crippen LogP contribution in [0.3, 0.4) is 0 Å². The maximum Gasteiger partial charge on any atom is 0.435 e. The number of likely N-dealkylation sites (tertiary alicyclic amines) is 1. The molecule has 0 bridgehead atoms. The molecule has 1 saturated heterocycles. The van der Waals surface area contributed by atoms with E-state index in [9.17, 15) is 49.5 Å². The van der Waals surface area contributed by atoms with Crippen LogP contribution in [0.15, 0.2) is 47.4 Å². The highest BCUT2D eigenvalue weighted by atomic mass is 35.5. The molecule has 2 aliphatic carbocycles. The third-order valence-corrected chi connectivity index (χ3v) is 12.6. The van der Waals surface area contributed by atoms with Gasteiger partial charge in [0.15, 0.2) is 9.84 Å². The Morgan fingerprint density at radius 3 is 2.11 bits per heavy atom. The molecule has 0 spiro atoms. The van der Waals surface area contributed by atoms with Crippen LogP contribution in [0.1, 0.15) is 62.1 Å². The Morgan fingerprint density at radius 1 is 0.933 bits per heavy atom. The van der Waals surface area contributed by atoms with Crippen LogP contribution in [0.25, 0.3) is 0 Å². The average Bonchev–Trinajstić information content (AvgIpc) is 3.36. The molecule has 2 fully saturated rings. The zero-order chi connectivity index (χ0) is 33.4. The van der Waals surface area contributed by atoms with Gasteiger partial charge in [0, 0.05) is 22.5 Å². The molecule has 1 amide bonds. The van der Waals surface area contributed by atoms with E-state index in [0.29, 0.717) is 12.1 Å². The molecule has 246 valence electrons. The van der Waals surface area contributed by atoms with E-state index in [2.05, 4.69) is 0 Å². The van der Waals surface area contributed by atoms with Crippen molar-refractivity contribution in [3.8, 4) is 0 Å². The van der Waals surface area contributed by atoms with Crippen molar-refractivity contribution in [2.24, 2.45) is 11.3 Å². The highest BCUT2D eigenvalue weighted by Crippen LogP contribution is 2.57. The van der Waals surface area contributed by atoms with E-state index in [4.69, 9.17) is 11.6 Å². The second kappa shape index (κ2) is 10.9. The highest BCUT2D eigenvalue weighted by molar-refractivity contribution is 7.92. The number of carbonyl (C=O) groups is 2. The second-order valence-corrected chi connectivity index (χ2v) is 15.0. The molecule has 2 aromatic rings. The fourth-order valence-corrected chi connectivity index (χ4v) is 10.0. The number of aliphatic carboxylic acids is 1. The molecule has 0 radical (unpaired) electrons. The number of carboxylic acid groups (broad SMARTS) is 1. The number of halogens is 8. The van der Waals surface area contributed by atoms with Crippen molar-refractivity contribution in [3.63, 3.8) is 0 Å². The fourth-order valence-electron chi connectivity index (χ4n) is 7.38. The topological polar surface area (TPSA) is 91.8 Å². The summed E-state index contributed by atoms with van der Waals surface area (Å²) in [5.74, 6) is -2.01. The summed E-state index contributed by atoms with van der Waals surface area (Å²) < 4.78 is 124. The summed E-state index contributed by atoms with van der Waals surface area (Å²) in [6.45, 7) is 1.58. The van der Waals surface area contributed by atoms with Crippen LogP contribution < -0.4 is 0 Å². The standard InChI is InChI=1S/C30H29ClF7NO5S/c1-26(11-9-17(10-12-26)24(40)41)25(42)39-14-13-27(45(43,44)21-4-2-3-20(31)16-21)22-7-6-19(15-18(22)5-8-23(27)39)28(32,29(33,34)35)30(36,37)38/h2-4,6-7,15-17,23H,5,8-14H2,1H3,(H,40,41)/t17-,23?,26-,27?. The molecule has 3 aliphatic rings. The lowest BCUT2D eigenvalue weighted by atomic mass is 9.70. The molecule has 45 heavy (non-hydrogen) atoms. The summed E-state index contributed by atoms with van der Waals surface area (Å²) in [6.07, 6.45) is -12.4. The number of hydrogen-bond donors (Lipinski definition) is 1. The maximum absolute atomic E-state index is 15.0. The van der Waals surface area contributed by atoms with Crippen LogP contribution in [0, 0.1) is 11.3 Å². The molecule has 1 saturated carbocycles. The lowest BCUT2D eigenvalue weighted by Gasteiger charge is -2.45. The molecule has 1 N–H and O–H groups in total. The molecule has 0 aromatic heterocycles. The Kier molecular flexibility index (Phi) is 8.08. The quantitative estimate of drug-likeness (QED) is 0.339. The molecule has 2 atom stereocenters. The van der Waals surface area contributed by atoms with Crippen molar-refractivity contribution in [2.45, 2.75) is 85.6 Å². The van der Waals surface area contributed by atoms with Gasteiger partial charge in [0.1, 0.15) is 4.75 Å². The number of carboxylic acids is 1. The Hall–Kier alpha value is -2.87. The number of rotatable bonds is 5. The number of aryl methyl sites for hydroxylation is 1. The van der Waals surface area contributed by atoms with Gasteiger partial charge in [0.05, 0.1) is 16.9 Å². The van der Waals surface area contributed by atoms with E-state index in [1.54, 1.807) is 6.92 Å². The van der Waals surface area contributed by atoms with E-state index in [-0.39, 0.29) is 72.5 Å². The maximum atomic E-state index is 15.0. The highest BCUT2D eigenvalue weighted by Gasteiger charge is 2.74. The van der Waals surface area contributed by atoms with Crippen LogP contribution in [-0.2, 0) is 36.3 Å². The van der Waals surface area contributed by atoms with Gasteiger partial charge in [0.25, 0.3) is 0 Å². The molecule has 2 unspecified atom stereocenters.